The molecule has 1 heterocycles. The summed E-state index contributed by atoms with van der Waals surface area (Å²) in [7, 11) is -3.81. The van der Waals surface area contributed by atoms with Crippen molar-refractivity contribution in [2.24, 2.45) is 5.73 Å². The van der Waals surface area contributed by atoms with Crippen LogP contribution in [0.2, 0.25) is 0 Å². The standard InChI is InChI=1S/C20H22BrN2O5P.2Na/c1-2-10-29(25,26)28-27-15-8-9-18-16(11-15)17(12-19(22)24)20(21)23(18)13-14-6-4-3-5-7-14;;/h3-9,11H,2,10,12-13H2,1H3,(H2,22,24)(H,25,26);;. The van der Waals surface area contributed by atoms with Gasteiger partial charge in [0.25, 0.3) is 0 Å². The maximum absolute atomic E-state index is 11.9. The maximum Gasteiger partial charge on any atom is 0.366 e. The van der Waals surface area contributed by atoms with Crippen LogP contribution in [0.25, 0.3) is 10.9 Å². The predicted molar refractivity (Wildman–Crippen MR) is 126 cm³/mol. The normalized spacial score (nSPS) is 12.5. The number of benzene rings is 2. The van der Waals surface area contributed by atoms with Crippen molar-refractivity contribution in [2.45, 2.75) is 26.3 Å². The fourth-order valence-corrected chi connectivity index (χ4v) is 4.62. The Bertz CT molecular complexity index is 1080. The molecule has 1 unspecified atom stereocenters. The zero-order valence-corrected chi connectivity index (χ0v) is 24.4. The van der Waals surface area contributed by atoms with Crippen molar-refractivity contribution in [3.05, 3.63) is 64.3 Å². The zero-order valence-electron chi connectivity index (χ0n) is 17.9. The van der Waals surface area contributed by atoms with Gasteiger partial charge in [-0.3, -0.25) is 9.36 Å². The predicted octanol–water partition coefficient (Wildman–Crippen LogP) is 3.62. The second kappa shape index (κ2) is 12.9. The number of aromatic nitrogens is 1. The van der Waals surface area contributed by atoms with Crippen LogP contribution in [0.3, 0.4) is 0 Å². The number of hydrogen-bond acceptors (Lipinski definition) is 4. The first kappa shape index (κ1) is 28.9. The quantitative estimate of drug-likeness (QED) is 0.192. The molecule has 156 valence electrons. The summed E-state index contributed by atoms with van der Waals surface area (Å²) >= 11 is 3.60. The van der Waals surface area contributed by atoms with Gasteiger partial charge in [-0.15, -0.1) is 0 Å². The van der Waals surface area contributed by atoms with E-state index in [9.17, 15) is 14.3 Å². The molecule has 0 bridgehead atoms. The third-order valence-electron chi connectivity index (χ3n) is 4.36. The first-order valence-electron chi connectivity index (χ1n) is 9.11. The number of rotatable bonds is 9. The van der Waals surface area contributed by atoms with Crippen LogP contribution in [0.5, 0.6) is 5.75 Å². The van der Waals surface area contributed by atoms with Crippen LogP contribution in [-0.4, -0.2) is 80.6 Å². The average Bonchev–Trinajstić information content (AvgIpc) is 2.92. The molecular weight excluding hydrogens is 505 g/mol. The molecule has 0 fully saturated rings. The molecule has 1 atom stereocenters. The molecule has 7 nitrogen and oxygen atoms in total. The number of halogens is 1. The van der Waals surface area contributed by atoms with Crippen molar-refractivity contribution in [3.63, 3.8) is 0 Å². The van der Waals surface area contributed by atoms with Crippen molar-refractivity contribution in [3.8, 4) is 5.75 Å². The Morgan fingerprint density at radius 1 is 1.19 bits per heavy atom. The van der Waals surface area contributed by atoms with Crippen LogP contribution in [-0.2, 0) is 27.0 Å². The van der Waals surface area contributed by atoms with Crippen molar-refractivity contribution in [2.75, 3.05) is 6.16 Å². The van der Waals surface area contributed by atoms with Gasteiger partial charge in [0, 0.05) is 82.1 Å². The van der Waals surface area contributed by atoms with Crippen LogP contribution in [0, 0.1) is 0 Å². The van der Waals surface area contributed by atoms with Crippen LogP contribution in [0.4, 0.5) is 0 Å². The number of carbonyl (C=O) groups is 1. The molecule has 0 aliphatic carbocycles. The van der Waals surface area contributed by atoms with E-state index in [-0.39, 0.29) is 77.4 Å². The molecule has 2 radical (unpaired) electrons. The monoisotopic (exact) mass is 526 g/mol. The maximum atomic E-state index is 11.9. The number of nitrogens with two attached hydrogens (primary N) is 1. The van der Waals surface area contributed by atoms with Gasteiger partial charge in [0.15, 0.2) is 5.75 Å². The van der Waals surface area contributed by atoms with Gasteiger partial charge >= 0.3 is 7.60 Å². The van der Waals surface area contributed by atoms with E-state index < -0.39 is 13.5 Å². The third kappa shape index (κ3) is 7.71. The molecule has 11 heteroatoms. The Kier molecular flexibility index (Phi) is 12.1. The number of primary amides is 1. The molecule has 0 aliphatic heterocycles. The van der Waals surface area contributed by atoms with Crippen LogP contribution in [0.15, 0.2) is 53.1 Å². The largest absolute Gasteiger partial charge is 0.369 e. The van der Waals surface area contributed by atoms with E-state index in [4.69, 9.17) is 15.3 Å². The fraction of sp³-hybridized carbons (Fsp3) is 0.250. The zero-order chi connectivity index (χ0) is 21.0. The molecule has 0 aliphatic rings. The minimum absolute atomic E-state index is 0. The van der Waals surface area contributed by atoms with Gasteiger partial charge in [-0.05, 0) is 46.1 Å². The molecule has 2 aromatic carbocycles. The molecule has 0 spiro atoms. The van der Waals surface area contributed by atoms with Crippen LogP contribution >= 0.6 is 23.5 Å². The topological polar surface area (TPSA) is 104 Å². The van der Waals surface area contributed by atoms with Gasteiger partial charge < -0.3 is 20.1 Å². The molecule has 3 rings (SSSR count). The van der Waals surface area contributed by atoms with Crippen molar-refractivity contribution < 1.29 is 23.8 Å². The number of carbonyl (C=O) groups excluding carboxylic acids is 1. The minimum atomic E-state index is -3.81. The van der Waals surface area contributed by atoms with E-state index >= 15 is 0 Å². The summed E-state index contributed by atoms with van der Waals surface area (Å²) in [6.45, 7) is 2.37. The van der Waals surface area contributed by atoms with Gasteiger partial charge in [-0.25, -0.2) is 0 Å². The van der Waals surface area contributed by atoms with Gasteiger partial charge in [0.1, 0.15) is 0 Å². The van der Waals surface area contributed by atoms with E-state index in [0.29, 0.717) is 13.0 Å². The summed E-state index contributed by atoms with van der Waals surface area (Å²) in [4.78, 5) is 26.4. The van der Waals surface area contributed by atoms with E-state index in [1.807, 2.05) is 41.0 Å². The molecule has 31 heavy (non-hydrogen) atoms. The smallest absolute Gasteiger partial charge is 0.366 e. The summed E-state index contributed by atoms with van der Waals surface area (Å²) in [5.41, 5.74) is 8.12. The Balaban J connectivity index is 0.00000240. The van der Waals surface area contributed by atoms with E-state index in [1.165, 1.54) is 0 Å². The summed E-state index contributed by atoms with van der Waals surface area (Å²) in [6, 6.07) is 15.1. The first-order valence-corrected chi connectivity index (χ1v) is 11.7. The van der Waals surface area contributed by atoms with Gasteiger partial charge in [-0.2, -0.15) is 0 Å². The Morgan fingerprint density at radius 2 is 1.87 bits per heavy atom. The summed E-state index contributed by atoms with van der Waals surface area (Å²) < 4.78 is 19.4. The minimum Gasteiger partial charge on any atom is -0.369 e. The molecule has 1 amide bonds. The van der Waals surface area contributed by atoms with Crippen LogP contribution < -0.4 is 10.6 Å². The summed E-state index contributed by atoms with van der Waals surface area (Å²) in [5, 5.41) is 0.746. The number of hydrogen-bond donors (Lipinski definition) is 2. The van der Waals surface area contributed by atoms with Gasteiger partial charge in [0.2, 0.25) is 5.91 Å². The molecular formula is C20H22BrN2Na2O5P. The number of nitrogens with zero attached hydrogens (tertiary/aromatic N) is 1. The molecule has 3 aromatic rings. The van der Waals surface area contributed by atoms with Gasteiger partial charge in [0.05, 0.1) is 17.2 Å². The first-order chi connectivity index (χ1) is 13.8. The van der Waals surface area contributed by atoms with E-state index in [1.54, 1.807) is 19.1 Å². The molecule has 0 saturated carbocycles. The fourth-order valence-electron chi connectivity index (χ4n) is 3.11. The van der Waals surface area contributed by atoms with E-state index in [0.717, 1.165) is 26.6 Å². The van der Waals surface area contributed by atoms with Gasteiger partial charge in [-0.1, -0.05) is 41.9 Å². The van der Waals surface area contributed by atoms with E-state index in [2.05, 4.69) is 15.9 Å². The van der Waals surface area contributed by atoms with Crippen molar-refractivity contribution >= 4 is 99.5 Å². The van der Waals surface area contributed by atoms with Crippen molar-refractivity contribution in [1.82, 2.24) is 4.57 Å². The Hall–Kier alpha value is -0.120. The average molecular weight is 527 g/mol. The molecule has 3 N–H and O–H groups in total. The number of fused-ring (bicyclic) bond motifs is 1. The third-order valence-corrected chi connectivity index (χ3v) is 6.59. The molecule has 1 aromatic heterocycles. The van der Waals surface area contributed by atoms with Crippen molar-refractivity contribution in [1.29, 1.82) is 0 Å². The molecule has 0 saturated heterocycles. The summed E-state index contributed by atoms with van der Waals surface area (Å²) in [5.74, 6) is -0.201. The second-order valence-electron chi connectivity index (χ2n) is 6.68. The summed E-state index contributed by atoms with van der Waals surface area (Å²) in [6.07, 6.45) is 0.535. The number of amides is 1. The Labute approximate surface area is 233 Å². The Morgan fingerprint density at radius 3 is 2.48 bits per heavy atom. The van der Waals surface area contributed by atoms with Crippen LogP contribution in [0.1, 0.15) is 24.5 Å². The SMILES string of the molecule is CCCP(=O)(O)OOc1ccc2c(c1)c(CC(N)=O)c(Br)n2Cc1ccccc1.[Na].[Na]. The second-order valence-corrected chi connectivity index (χ2v) is 9.30.